The molecule has 0 amide bonds. The number of halogens is 4. The molecule has 2 heterocycles. The molecule has 9 nitrogen and oxygen atoms in total. The fourth-order valence-corrected chi connectivity index (χ4v) is 4.09. The number of ether oxygens (including phenoxy) is 2. The zero-order valence-electron chi connectivity index (χ0n) is 20.2. The number of aliphatic hydroxyl groups excluding tert-OH is 1. The third-order valence-electron chi connectivity index (χ3n) is 5.80. The van der Waals surface area contributed by atoms with Crippen LogP contribution >= 0.6 is 11.6 Å². The van der Waals surface area contributed by atoms with Crippen molar-refractivity contribution in [2.24, 2.45) is 7.05 Å². The summed E-state index contributed by atoms with van der Waals surface area (Å²) in [4.78, 5) is 31.5. The fraction of sp³-hybridized carbons (Fsp3) is 0.320. The standard InChI is InChI=1S/C25H24ClF3N4O5/c1-32-21-20(22(35)31-23(32)36)33(13-19(37-10-9-34)12-15-5-7-18(26)8-6-15)24(30-21)38-14-16-3-2-4-17(11-16)25(27,28)29/h2-8,11,19,34H,9-10,12-14H2,1H3,(H,31,35,36). The summed E-state index contributed by atoms with van der Waals surface area (Å²) in [5.41, 5.74) is -1.07. The van der Waals surface area contributed by atoms with Crippen molar-refractivity contribution in [3.63, 3.8) is 0 Å². The number of H-pyrrole nitrogens is 1. The number of nitrogens with zero attached hydrogens (tertiary/aromatic N) is 3. The Kier molecular flexibility index (Phi) is 8.24. The van der Waals surface area contributed by atoms with Crippen LogP contribution in [0, 0.1) is 0 Å². The van der Waals surface area contributed by atoms with Gasteiger partial charge in [-0.05, 0) is 35.4 Å². The molecular formula is C25H24ClF3N4O5. The lowest BCUT2D eigenvalue weighted by Crippen LogP contribution is -2.31. The molecule has 0 spiro atoms. The molecule has 2 aromatic heterocycles. The second-order valence-corrected chi connectivity index (χ2v) is 8.97. The molecule has 1 unspecified atom stereocenters. The van der Waals surface area contributed by atoms with Crippen molar-refractivity contribution >= 4 is 22.8 Å². The first-order valence-electron chi connectivity index (χ1n) is 11.5. The van der Waals surface area contributed by atoms with Crippen LogP contribution in [0.3, 0.4) is 0 Å². The normalized spacial score (nSPS) is 12.7. The molecule has 4 aromatic rings. The molecule has 4 rings (SSSR count). The minimum atomic E-state index is -4.52. The number of aryl methyl sites for hydroxylation is 1. The van der Waals surface area contributed by atoms with Gasteiger partial charge in [0, 0.05) is 18.5 Å². The number of benzene rings is 2. The predicted octanol–water partition coefficient (Wildman–Crippen LogP) is 3.29. The molecule has 1 atom stereocenters. The van der Waals surface area contributed by atoms with E-state index >= 15 is 0 Å². The van der Waals surface area contributed by atoms with Gasteiger partial charge in [-0.15, -0.1) is 0 Å². The van der Waals surface area contributed by atoms with E-state index in [2.05, 4.69) is 9.97 Å². The summed E-state index contributed by atoms with van der Waals surface area (Å²) in [7, 11) is 1.42. The van der Waals surface area contributed by atoms with Gasteiger partial charge in [-0.2, -0.15) is 18.2 Å². The summed E-state index contributed by atoms with van der Waals surface area (Å²) >= 11 is 5.98. The number of aliphatic hydroxyl groups is 1. The largest absolute Gasteiger partial charge is 0.460 e. The number of rotatable bonds is 10. The highest BCUT2D eigenvalue weighted by Gasteiger charge is 2.30. The van der Waals surface area contributed by atoms with Crippen molar-refractivity contribution in [3.8, 4) is 6.01 Å². The molecule has 0 bridgehead atoms. The molecule has 0 saturated carbocycles. The second-order valence-electron chi connectivity index (χ2n) is 8.53. The van der Waals surface area contributed by atoms with E-state index in [1.807, 2.05) is 12.1 Å². The van der Waals surface area contributed by atoms with E-state index in [0.29, 0.717) is 11.4 Å². The van der Waals surface area contributed by atoms with Crippen LogP contribution < -0.4 is 16.0 Å². The van der Waals surface area contributed by atoms with Gasteiger partial charge in [0.15, 0.2) is 11.2 Å². The van der Waals surface area contributed by atoms with Crippen molar-refractivity contribution < 1.29 is 27.8 Å². The third-order valence-corrected chi connectivity index (χ3v) is 6.05. The zero-order chi connectivity index (χ0) is 27.4. The van der Waals surface area contributed by atoms with E-state index in [1.165, 1.54) is 23.7 Å². The molecule has 0 saturated heterocycles. The minimum Gasteiger partial charge on any atom is -0.460 e. The Morgan fingerprint density at radius 2 is 1.87 bits per heavy atom. The van der Waals surface area contributed by atoms with Gasteiger partial charge < -0.3 is 14.6 Å². The molecule has 13 heteroatoms. The Balaban J connectivity index is 1.71. The Morgan fingerprint density at radius 3 is 2.55 bits per heavy atom. The first kappa shape index (κ1) is 27.4. The van der Waals surface area contributed by atoms with E-state index in [0.717, 1.165) is 22.3 Å². The third kappa shape index (κ3) is 6.26. The van der Waals surface area contributed by atoms with E-state index < -0.39 is 29.1 Å². The monoisotopic (exact) mass is 552 g/mol. The predicted molar refractivity (Wildman–Crippen MR) is 133 cm³/mol. The topological polar surface area (TPSA) is 111 Å². The number of hydrogen-bond acceptors (Lipinski definition) is 6. The quantitative estimate of drug-likeness (QED) is 0.312. The number of fused-ring (bicyclic) bond motifs is 1. The number of aromatic amines is 1. The first-order valence-corrected chi connectivity index (χ1v) is 11.9. The number of hydrogen-bond donors (Lipinski definition) is 2. The molecule has 0 aliphatic heterocycles. The van der Waals surface area contributed by atoms with Crippen molar-refractivity contribution in [3.05, 3.63) is 91.1 Å². The molecular weight excluding hydrogens is 529 g/mol. The SMILES string of the molecule is Cn1c(=O)[nH]c(=O)c2c1nc(OCc1cccc(C(F)(F)F)c1)n2CC(Cc1ccc(Cl)cc1)OCCO. The van der Waals surface area contributed by atoms with Crippen molar-refractivity contribution in [1.82, 2.24) is 19.1 Å². The van der Waals surface area contributed by atoms with Gasteiger partial charge in [0.2, 0.25) is 0 Å². The number of imidazole rings is 1. The summed E-state index contributed by atoms with van der Waals surface area (Å²) < 4.78 is 53.6. The first-order chi connectivity index (χ1) is 18.1. The molecule has 0 fully saturated rings. The van der Waals surface area contributed by atoms with Gasteiger partial charge in [0.25, 0.3) is 11.6 Å². The summed E-state index contributed by atoms with van der Waals surface area (Å²) in [6.45, 7) is -0.479. The second kappa shape index (κ2) is 11.4. The molecule has 0 aliphatic carbocycles. The lowest BCUT2D eigenvalue weighted by atomic mass is 10.1. The van der Waals surface area contributed by atoms with Gasteiger partial charge in [-0.3, -0.25) is 18.9 Å². The van der Waals surface area contributed by atoms with Crippen LogP contribution in [0.25, 0.3) is 11.2 Å². The zero-order valence-corrected chi connectivity index (χ0v) is 20.9. The average molecular weight is 553 g/mol. The molecule has 0 aliphatic rings. The van der Waals surface area contributed by atoms with Crippen LogP contribution in [0.15, 0.2) is 58.1 Å². The minimum absolute atomic E-state index is 0.0140. The Bertz CT molecular complexity index is 1530. The fourth-order valence-electron chi connectivity index (χ4n) is 3.96. The molecule has 38 heavy (non-hydrogen) atoms. The van der Waals surface area contributed by atoms with Gasteiger partial charge in [-0.25, -0.2) is 4.79 Å². The van der Waals surface area contributed by atoms with Crippen molar-refractivity contribution in [2.45, 2.75) is 31.9 Å². The molecule has 0 radical (unpaired) electrons. The lowest BCUT2D eigenvalue weighted by Gasteiger charge is -2.20. The van der Waals surface area contributed by atoms with Crippen LogP contribution in [0.5, 0.6) is 6.01 Å². The highest BCUT2D eigenvalue weighted by atomic mass is 35.5. The Morgan fingerprint density at radius 1 is 1.13 bits per heavy atom. The Hall–Kier alpha value is -3.61. The van der Waals surface area contributed by atoms with Gasteiger partial charge >= 0.3 is 11.9 Å². The summed E-state index contributed by atoms with van der Waals surface area (Å²) in [6.07, 6.45) is -4.73. The maximum absolute atomic E-state index is 13.1. The van der Waals surface area contributed by atoms with Crippen LogP contribution in [0.4, 0.5) is 13.2 Å². The summed E-state index contributed by atoms with van der Waals surface area (Å²) in [5, 5.41) is 9.87. The lowest BCUT2D eigenvalue weighted by molar-refractivity contribution is -0.137. The highest BCUT2D eigenvalue weighted by Crippen LogP contribution is 2.30. The van der Waals surface area contributed by atoms with E-state index in [9.17, 15) is 27.9 Å². The van der Waals surface area contributed by atoms with Gasteiger partial charge in [0.05, 0.1) is 31.4 Å². The highest BCUT2D eigenvalue weighted by molar-refractivity contribution is 6.30. The van der Waals surface area contributed by atoms with Gasteiger partial charge in [-0.1, -0.05) is 35.9 Å². The van der Waals surface area contributed by atoms with E-state index in [1.54, 1.807) is 12.1 Å². The van der Waals surface area contributed by atoms with Crippen LogP contribution in [-0.4, -0.2) is 43.5 Å². The summed E-state index contributed by atoms with van der Waals surface area (Å²) in [5.74, 6) is 0. The number of alkyl halides is 3. The Labute approximate surface area is 219 Å². The number of nitrogens with one attached hydrogen (secondary N) is 1. The molecule has 2 aromatic carbocycles. The molecule has 2 N–H and O–H groups in total. The smallest absolute Gasteiger partial charge is 0.416 e. The molecule has 202 valence electrons. The maximum atomic E-state index is 13.1. The van der Waals surface area contributed by atoms with Crippen LogP contribution in [0.1, 0.15) is 16.7 Å². The van der Waals surface area contributed by atoms with Crippen LogP contribution in [-0.2, 0) is 37.5 Å². The maximum Gasteiger partial charge on any atom is 0.416 e. The number of aromatic nitrogens is 4. The van der Waals surface area contributed by atoms with Crippen molar-refractivity contribution in [1.29, 1.82) is 0 Å². The average Bonchev–Trinajstić information content (AvgIpc) is 3.24. The van der Waals surface area contributed by atoms with Crippen molar-refractivity contribution in [2.75, 3.05) is 13.2 Å². The van der Waals surface area contributed by atoms with E-state index in [-0.39, 0.29) is 49.1 Å². The van der Waals surface area contributed by atoms with Crippen LogP contribution in [0.2, 0.25) is 5.02 Å². The van der Waals surface area contributed by atoms with E-state index in [4.69, 9.17) is 21.1 Å². The van der Waals surface area contributed by atoms with Gasteiger partial charge in [0.1, 0.15) is 6.61 Å². The summed E-state index contributed by atoms with van der Waals surface area (Å²) in [6, 6.07) is 11.6.